The Morgan fingerprint density at radius 2 is 1.93 bits per heavy atom. The van der Waals surface area contributed by atoms with Crippen molar-refractivity contribution in [3.63, 3.8) is 0 Å². The van der Waals surface area contributed by atoms with Gasteiger partial charge in [0.15, 0.2) is 0 Å². The van der Waals surface area contributed by atoms with Crippen LogP contribution in [0.5, 0.6) is 0 Å². The molecule has 0 saturated heterocycles. The Bertz CT molecular complexity index is 440. The van der Waals surface area contributed by atoms with E-state index in [1.165, 1.54) is 6.07 Å². The van der Waals surface area contributed by atoms with Gasteiger partial charge >= 0.3 is 51.4 Å². The molecule has 1 rings (SSSR count). The SMILES string of the molecule is C=CC(C)c1ccccc1S(=O)(=O)O.[KH]. The van der Waals surface area contributed by atoms with Crippen LogP contribution in [0.4, 0.5) is 0 Å². The summed E-state index contributed by atoms with van der Waals surface area (Å²) in [4.78, 5) is -0.0487. The second-order valence-electron chi connectivity index (χ2n) is 3.04. The molecule has 15 heavy (non-hydrogen) atoms. The van der Waals surface area contributed by atoms with Gasteiger partial charge in [-0.2, -0.15) is 8.42 Å². The zero-order valence-electron chi connectivity index (χ0n) is 7.84. The minimum atomic E-state index is -4.14. The van der Waals surface area contributed by atoms with Crippen molar-refractivity contribution in [2.45, 2.75) is 17.7 Å². The van der Waals surface area contributed by atoms with E-state index in [9.17, 15) is 8.42 Å². The topological polar surface area (TPSA) is 54.4 Å². The quantitative estimate of drug-likeness (QED) is 0.505. The minimum absolute atomic E-state index is 0. The predicted molar refractivity (Wildman–Crippen MR) is 62.0 cm³/mol. The molecule has 3 nitrogen and oxygen atoms in total. The number of hydrogen-bond acceptors (Lipinski definition) is 2. The third-order valence-corrected chi connectivity index (χ3v) is 2.97. The normalized spacial score (nSPS) is 12.7. The summed E-state index contributed by atoms with van der Waals surface area (Å²) in [5.74, 6) is -0.104. The second kappa shape index (κ2) is 6.29. The van der Waals surface area contributed by atoms with Crippen molar-refractivity contribution < 1.29 is 13.0 Å². The van der Waals surface area contributed by atoms with Gasteiger partial charge in [0, 0.05) is 5.92 Å². The molecular formula is C10H13KO3S. The van der Waals surface area contributed by atoms with Gasteiger partial charge in [0.1, 0.15) is 0 Å². The molecule has 0 aliphatic heterocycles. The van der Waals surface area contributed by atoms with Crippen LogP contribution in [0.2, 0.25) is 0 Å². The van der Waals surface area contributed by atoms with Crippen LogP contribution in [0.3, 0.4) is 0 Å². The molecule has 0 bridgehead atoms. The van der Waals surface area contributed by atoms with E-state index < -0.39 is 10.1 Å². The summed E-state index contributed by atoms with van der Waals surface area (Å²) in [7, 11) is -4.14. The molecule has 0 radical (unpaired) electrons. The van der Waals surface area contributed by atoms with E-state index in [1.807, 2.05) is 6.92 Å². The van der Waals surface area contributed by atoms with Crippen LogP contribution in [-0.2, 0) is 10.1 Å². The Kier molecular flexibility index (Phi) is 6.51. The predicted octanol–water partition coefficient (Wildman–Crippen LogP) is 1.57. The number of benzene rings is 1. The molecule has 1 atom stereocenters. The van der Waals surface area contributed by atoms with Gasteiger partial charge in [0.05, 0.1) is 4.90 Å². The Labute approximate surface area is 133 Å². The summed E-state index contributed by atoms with van der Waals surface area (Å²) in [6.45, 7) is 5.40. The van der Waals surface area contributed by atoms with E-state index in [2.05, 4.69) is 6.58 Å². The van der Waals surface area contributed by atoms with Gasteiger partial charge in [-0.25, -0.2) is 0 Å². The first-order valence-electron chi connectivity index (χ1n) is 4.15. The second-order valence-corrected chi connectivity index (χ2v) is 4.43. The van der Waals surface area contributed by atoms with Gasteiger partial charge in [0.2, 0.25) is 0 Å². The van der Waals surface area contributed by atoms with Crippen molar-refractivity contribution >= 4 is 61.5 Å². The summed E-state index contributed by atoms with van der Waals surface area (Å²) in [6.07, 6.45) is 1.63. The average molecular weight is 252 g/mol. The first kappa shape index (κ1) is 15.5. The number of rotatable bonds is 3. The molecule has 1 aromatic rings. The number of allylic oxidation sites excluding steroid dienone is 1. The fraction of sp³-hybridized carbons (Fsp3) is 0.200. The Morgan fingerprint density at radius 1 is 1.40 bits per heavy atom. The molecule has 1 aromatic carbocycles. The molecule has 0 saturated carbocycles. The summed E-state index contributed by atoms with van der Waals surface area (Å²) in [5, 5.41) is 0. The molecule has 0 spiro atoms. The number of hydrogen-bond donors (Lipinski definition) is 1. The first-order valence-corrected chi connectivity index (χ1v) is 5.60. The molecule has 0 aliphatic carbocycles. The van der Waals surface area contributed by atoms with Crippen LogP contribution in [0.25, 0.3) is 0 Å². The van der Waals surface area contributed by atoms with Crippen molar-refractivity contribution in [1.29, 1.82) is 0 Å². The Morgan fingerprint density at radius 3 is 2.40 bits per heavy atom. The van der Waals surface area contributed by atoms with E-state index in [-0.39, 0.29) is 62.2 Å². The van der Waals surface area contributed by atoms with Gasteiger partial charge in [0.25, 0.3) is 10.1 Å². The van der Waals surface area contributed by atoms with Crippen LogP contribution < -0.4 is 0 Å². The Balaban J connectivity index is 0.00000196. The molecule has 5 heteroatoms. The fourth-order valence-corrected chi connectivity index (χ4v) is 2.02. The van der Waals surface area contributed by atoms with Crippen molar-refractivity contribution in [3.8, 4) is 0 Å². The molecule has 1 unspecified atom stereocenters. The standard InChI is InChI=1S/C10H12O3S.K.H/c1-3-8(2)9-6-4-5-7-10(9)14(11,12)13;;/h3-8H,1H2,2H3,(H,11,12,13);;. The van der Waals surface area contributed by atoms with Gasteiger partial charge < -0.3 is 0 Å². The first-order chi connectivity index (χ1) is 6.46. The van der Waals surface area contributed by atoms with Crippen LogP contribution in [0.15, 0.2) is 41.8 Å². The third kappa shape index (κ3) is 4.11. The molecule has 78 valence electrons. The van der Waals surface area contributed by atoms with Crippen molar-refractivity contribution in [3.05, 3.63) is 42.5 Å². The molecule has 1 N–H and O–H groups in total. The van der Waals surface area contributed by atoms with Gasteiger partial charge in [-0.1, -0.05) is 31.2 Å². The van der Waals surface area contributed by atoms with E-state index in [0.717, 1.165) is 0 Å². The van der Waals surface area contributed by atoms with Crippen LogP contribution in [0, 0.1) is 0 Å². The van der Waals surface area contributed by atoms with Crippen molar-refractivity contribution in [2.24, 2.45) is 0 Å². The molecule has 0 aromatic heterocycles. The molecule has 0 amide bonds. The van der Waals surface area contributed by atoms with E-state index in [0.29, 0.717) is 5.56 Å². The Hall–Kier alpha value is 0.506. The summed E-state index contributed by atoms with van der Waals surface area (Å²) in [5.41, 5.74) is 0.560. The summed E-state index contributed by atoms with van der Waals surface area (Å²) < 4.78 is 30.9. The fourth-order valence-electron chi connectivity index (χ4n) is 1.22. The van der Waals surface area contributed by atoms with Crippen molar-refractivity contribution in [2.75, 3.05) is 0 Å². The molecular weight excluding hydrogens is 239 g/mol. The van der Waals surface area contributed by atoms with Crippen LogP contribution in [-0.4, -0.2) is 64.4 Å². The maximum absolute atomic E-state index is 11.0. The van der Waals surface area contributed by atoms with E-state index in [1.54, 1.807) is 24.3 Å². The summed E-state index contributed by atoms with van der Waals surface area (Å²) >= 11 is 0. The van der Waals surface area contributed by atoms with Gasteiger partial charge in [-0.05, 0) is 11.6 Å². The third-order valence-electron chi connectivity index (χ3n) is 2.04. The maximum atomic E-state index is 11.0. The average Bonchev–Trinajstić information content (AvgIpc) is 2.15. The van der Waals surface area contributed by atoms with Crippen molar-refractivity contribution in [1.82, 2.24) is 0 Å². The van der Waals surface area contributed by atoms with Crippen LogP contribution in [0.1, 0.15) is 18.4 Å². The summed E-state index contributed by atoms with van der Waals surface area (Å²) in [6, 6.07) is 6.34. The zero-order chi connectivity index (χ0) is 10.8. The van der Waals surface area contributed by atoms with Gasteiger partial charge in [-0.3, -0.25) is 4.55 Å². The molecule has 0 fully saturated rings. The monoisotopic (exact) mass is 252 g/mol. The van der Waals surface area contributed by atoms with Gasteiger partial charge in [-0.15, -0.1) is 6.58 Å². The molecule has 0 heterocycles. The van der Waals surface area contributed by atoms with Crippen LogP contribution >= 0.6 is 0 Å². The van der Waals surface area contributed by atoms with E-state index >= 15 is 0 Å². The zero-order valence-corrected chi connectivity index (χ0v) is 8.66. The van der Waals surface area contributed by atoms with E-state index in [4.69, 9.17) is 4.55 Å². The molecule has 0 aliphatic rings.